The molecule has 238 valence electrons. The number of ether oxygens (including phenoxy) is 2. The van der Waals surface area contributed by atoms with Crippen molar-refractivity contribution < 1.29 is 33.8 Å². The van der Waals surface area contributed by atoms with E-state index in [0.717, 1.165) is 42.2 Å². The van der Waals surface area contributed by atoms with Crippen molar-refractivity contribution in [2.24, 2.45) is 0 Å². The average molecular weight is 625 g/mol. The summed E-state index contributed by atoms with van der Waals surface area (Å²) >= 11 is 0. The fourth-order valence-electron chi connectivity index (χ4n) is 5.77. The Hall–Kier alpha value is -4.52. The number of aromatic nitrogens is 2. The predicted molar refractivity (Wildman–Crippen MR) is 173 cm³/mol. The van der Waals surface area contributed by atoms with Gasteiger partial charge in [0.1, 0.15) is 17.9 Å². The second-order valence-electron chi connectivity index (χ2n) is 11.7. The number of anilines is 2. The fraction of sp³-hybridized carbons (Fsp3) is 0.353. The van der Waals surface area contributed by atoms with Gasteiger partial charge in [-0.15, -0.1) is 0 Å². The van der Waals surface area contributed by atoms with E-state index in [1.54, 1.807) is 12.3 Å². The van der Waals surface area contributed by atoms with Crippen molar-refractivity contribution in [3.63, 3.8) is 0 Å². The quantitative estimate of drug-likeness (QED) is 0.135. The lowest BCUT2D eigenvalue weighted by Gasteiger charge is -2.26. The van der Waals surface area contributed by atoms with Gasteiger partial charge in [-0.1, -0.05) is 48.5 Å². The first-order valence-electron chi connectivity index (χ1n) is 15.7. The molecule has 3 aromatic carbocycles. The van der Waals surface area contributed by atoms with E-state index in [9.17, 15) is 19.7 Å². The number of amides is 1. The number of carbonyl (C=O) groups excluding carboxylic acids is 2. The molecule has 0 bridgehead atoms. The second-order valence-corrected chi connectivity index (χ2v) is 11.7. The Morgan fingerprint density at radius 3 is 2.65 bits per heavy atom. The summed E-state index contributed by atoms with van der Waals surface area (Å²) in [6.07, 6.45) is 4.74. The number of para-hydroxylation sites is 1. The van der Waals surface area contributed by atoms with Crippen LogP contribution in [-0.4, -0.2) is 57.8 Å². The number of aliphatic hydroxyl groups is 1. The summed E-state index contributed by atoms with van der Waals surface area (Å²) in [5, 5.41) is 27.3. The normalized spacial score (nSPS) is 19.0. The van der Waals surface area contributed by atoms with Gasteiger partial charge in [0.25, 0.3) is 0 Å². The zero-order valence-electron chi connectivity index (χ0n) is 25.4. The van der Waals surface area contributed by atoms with E-state index in [-0.39, 0.29) is 50.1 Å². The molecule has 1 aromatic heterocycles. The SMILES string of the molecule is O=C(CCCC(=O)OCc1ccccc1)NCC1OB(O)c2cc(Nc3ncc4cccc(O[C@H]5CC[C@@H](O)CC5)c4n3)ccc21. The van der Waals surface area contributed by atoms with Crippen LogP contribution in [-0.2, 0) is 25.6 Å². The molecule has 1 fully saturated rings. The van der Waals surface area contributed by atoms with Crippen LogP contribution in [0.5, 0.6) is 5.75 Å². The lowest BCUT2D eigenvalue weighted by molar-refractivity contribution is -0.145. The highest BCUT2D eigenvalue weighted by atomic mass is 16.5. The molecule has 2 heterocycles. The van der Waals surface area contributed by atoms with Gasteiger partial charge in [0, 0.05) is 36.7 Å². The maximum absolute atomic E-state index is 12.4. The van der Waals surface area contributed by atoms with Crippen LogP contribution in [0.15, 0.2) is 72.9 Å². The number of hydrogen-bond donors (Lipinski definition) is 4. The molecule has 4 N–H and O–H groups in total. The van der Waals surface area contributed by atoms with Crippen molar-refractivity contribution >= 4 is 47.0 Å². The molecule has 6 rings (SSSR count). The Kier molecular flexibility index (Phi) is 10.1. The van der Waals surface area contributed by atoms with Crippen LogP contribution in [0.4, 0.5) is 11.6 Å². The molecule has 2 aliphatic rings. The summed E-state index contributed by atoms with van der Waals surface area (Å²) in [6.45, 7) is 0.396. The Balaban J connectivity index is 1.01. The molecule has 1 amide bonds. The highest BCUT2D eigenvalue weighted by molar-refractivity contribution is 6.62. The fourth-order valence-corrected chi connectivity index (χ4v) is 5.77. The molecular formula is C34H37BN4O7. The van der Waals surface area contributed by atoms with Gasteiger partial charge in [0.2, 0.25) is 11.9 Å². The van der Waals surface area contributed by atoms with Crippen molar-refractivity contribution in [3.8, 4) is 5.75 Å². The van der Waals surface area contributed by atoms with Crippen molar-refractivity contribution in [3.05, 3.63) is 84.1 Å². The largest absolute Gasteiger partial charge is 0.492 e. The number of carbonyl (C=O) groups is 2. The van der Waals surface area contributed by atoms with E-state index < -0.39 is 13.2 Å². The minimum absolute atomic E-state index is 0.0327. The molecule has 1 atom stereocenters. The molecule has 1 unspecified atom stereocenters. The average Bonchev–Trinajstić information content (AvgIpc) is 3.39. The van der Waals surface area contributed by atoms with Gasteiger partial charge >= 0.3 is 13.1 Å². The zero-order chi connectivity index (χ0) is 31.9. The minimum atomic E-state index is -1.15. The third-order valence-corrected chi connectivity index (χ3v) is 8.27. The lowest BCUT2D eigenvalue weighted by Crippen LogP contribution is -2.29. The molecule has 0 radical (unpaired) electrons. The topological polar surface area (TPSA) is 152 Å². The summed E-state index contributed by atoms with van der Waals surface area (Å²) in [6, 6.07) is 20.6. The third-order valence-electron chi connectivity index (χ3n) is 8.27. The van der Waals surface area contributed by atoms with Gasteiger partial charge in [-0.05, 0) is 66.9 Å². The molecule has 4 aromatic rings. The van der Waals surface area contributed by atoms with Crippen molar-refractivity contribution in [2.45, 2.75) is 69.9 Å². The van der Waals surface area contributed by atoms with Crippen LogP contribution in [0.2, 0.25) is 0 Å². The molecule has 1 saturated carbocycles. The number of benzene rings is 3. The summed E-state index contributed by atoms with van der Waals surface area (Å²) < 4.78 is 17.3. The van der Waals surface area contributed by atoms with Gasteiger partial charge in [-0.2, -0.15) is 0 Å². The van der Waals surface area contributed by atoms with Gasteiger partial charge in [0.15, 0.2) is 0 Å². The number of nitrogens with one attached hydrogen (secondary N) is 2. The first-order valence-corrected chi connectivity index (χ1v) is 15.7. The number of aliphatic hydroxyl groups excluding tert-OH is 1. The molecule has 0 saturated heterocycles. The molecule has 1 aliphatic carbocycles. The van der Waals surface area contributed by atoms with Crippen LogP contribution in [0.1, 0.15) is 62.2 Å². The van der Waals surface area contributed by atoms with Crippen molar-refractivity contribution in [2.75, 3.05) is 11.9 Å². The number of nitrogens with zero attached hydrogens (tertiary/aromatic N) is 2. The van der Waals surface area contributed by atoms with Crippen molar-refractivity contribution in [1.29, 1.82) is 0 Å². The molecular weight excluding hydrogens is 587 g/mol. The van der Waals surface area contributed by atoms with Gasteiger partial charge in [-0.3, -0.25) is 9.59 Å². The summed E-state index contributed by atoms with van der Waals surface area (Å²) in [7, 11) is -1.15. The van der Waals surface area contributed by atoms with E-state index in [1.807, 2.05) is 60.7 Å². The predicted octanol–water partition coefficient (Wildman–Crippen LogP) is 3.84. The monoisotopic (exact) mass is 624 g/mol. The summed E-state index contributed by atoms with van der Waals surface area (Å²) in [5.74, 6) is 0.498. The minimum Gasteiger partial charge on any atom is -0.488 e. The summed E-state index contributed by atoms with van der Waals surface area (Å²) in [4.78, 5) is 33.6. The van der Waals surface area contributed by atoms with E-state index in [0.29, 0.717) is 34.8 Å². The maximum Gasteiger partial charge on any atom is 0.492 e. The van der Waals surface area contributed by atoms with E-state index in [1.165, 1.54) is 0 Å². The number of fused-ring (bicyclic) bond motifs is 2. The first-order chi connectivity index (χ1) is 22.4. The Bertz CT molecular complexity index is 1670. The Labute approximate surface area is 267 Å². The van der Waals surface area contributed by atoms with E-state index in [2.05, 4.69) is 15.6 Å². The van der Waals surface area contributed by atoms with Crippen LogP contribution < -0.4 is 20.8 Å². The summed E-state index contributed by atoms with van der Waals surface area (Å²) in [5.41, 5.74) is 3.64. The Morgan fingerprint density at radius 1 is 1.00 bits per heavy atom. The Morgan fingerprint density at radius 2 is 1.83 bits per heavy atom. The first kappa shape index (κ1) is 31.5. The molecule has 11 nitrogen and oxygen atoms in total. The molecule has 1 aliphatic heterocycles. The van der Waals surface area contributed by atoms with Crippen LogP contribution in [0.25, 0.3) is 10.9 Å². The van der Waals surface area contributed by atoms with Gasteiger partial charge in [0.05, 0.1) is 18.3 Å². The number of hydrogen-bond acceptors (Lipinski definition) is 10. The van der Waals surface area contributed by atoms with Crippen molar-refractivity contribution in [1.82, 2.24) is 15.3 Å². The standard InChI is InChI=1S/C34H37BN4O7/c40-25-13-15-26(16-14-25)45-29-9-4-8-23-19-37-34(39-33(23)29)38-24-12-17-27-28(18-24)35(43)46-30(27)20-36-31(41)10-5-11-32(42)44-21-22-6-2-1-3-7-22/h1-4,6-9,12,17-19,25-26,30,40,43H,5,10-11,13-16,20-21H2,(H,36,41)(H,37,38,39)/t25-,26+,30?. The number of rotatable bonds is 12. The maximum atomic E-state index is 12.4. The second kappa shape index (κ2) is 14.7. The molecule has 12 heteroatoms. The van der Waals surface area contributed by atoms with Crippen LogP contribution in [0.3, 0.4) is 0 Å². The third kappa shape index (κ3) is 8.00. The zero-order valence-corrected chi connectivity index (χ0v) is 25.4. The van der Waals surface area contributed by atoms with Crippen LogP contribution in [0, 0.1) is 0 Å². The smallest absolute Gasteiger partial charge is 0.488 e. The van der Waals surface area contributed by atoms with E-state index >= 15 is 0 Å². The van der Waals surface area contributed by atoms with E-state index in [4.69, 9.17) is 19.1 Å². The molecule has 46 heavy (non-hydrogen) atoms. The highest BCUT2D eigenvalue weighted by Gasteiger charge is 2.35. The highest BCUT2D eigenvalue weighted by Crippen LogP contribution is 2.30. The van der Waals surface area contributed by atoms with Crippen LogP contribution >= 0.6 is 0 Å². The van der Waals surface area contributed by atoms with Gasteiger partial charge in [-0.25, -0.2) is 9.97 Å². The number of esters is 1. The molecule has 0 spiro atoms. The van der Waals surface area contributed by atoms with Gasteiger partial charge < -0.3 is 34.9 Å². The lowest BCUT2D eigenvalue weighted by atomic mass is 9.79.